The Bertz CT molecular complexity index is 371. The predicted molar refractivity (Wildman–Crippen MR) is 69.8 cm³/mol. The molecule has 0 fully saturated rings. The summed E-state index contributed by atoms with van der Waals surface area (Å²) in [6, 6.07) is 4.73. The van der Waals surface area contributed by atoms with E-state index in [1.54, 1.807) is 12.1 Å². The first kappa shape index (κ1) is 14.5. The van der Waals surface area contributed by atoms with Gasteiger partial charge in [-0.1, -0.05) is 38.4 Å². The van der Waals surface area contributed by atoms with Crippen LogP contribution in [0.1, 0.15) is 39.2 Å². The highest BCUT2D eigenvalue weighted by atomic mass is 35.5. The Morgan fingerprint density at radius 3 is 2.53 bits per heavy atom. The molecule has 0 aliphatic rings. The Morgan fingerprint density at radius 2 is 2.00 bits per heavy atom. The zero-order valence-corrected chi connectivity index (χ0v) is 11.4. The quantitative estimate of drug-likeness (QED) is 0.858. The summed E-state index contributed by atoms with van der Waals surface area (Å²) in [5.41, 5.74) is 0.550. The average Bonchev–Trinajstić information content (AvgIpc) is 2.19. The van der Waals surface area contributed by atoms with Gasteiger partial charge in [-0.05, 0) is 42.4 Å². The number of hydrogen-bond acceptors (Lipinski definition) is 1. The molecule has 1 nitrogen and oxygen atoms in total. The van der Waals surface area contributed by atoms with Crippen molar-refractivity contribution in [3.63, 3.8) is 0 Å². The molecule has 1 aromatic rings. The minimum Gasteiger partial charge on any atom is -0.393 e. The van der Waals surface area contributed by atoms with Gasteiger partial charge < -0.3 is 5.11 Å². The highest BCUT2D eigenvalue weighted by Gasteiger charge is 2.21. The highest BCUT2D eigenvalue weighted by Crippen LogP contribution is 2.24. The van der Waals surface area contributed by atoms with Gasteiger partial charge in [0.2, 0.25) is 0 Å². The number of hydrogen-bond donors (Lipinski definition) is 1. The fraction of sp³-hybridized carbons (Fsp3) is 0.571. The first-order valence-electron chi connectivity index (χ1n) is 5.92. The molecule has 1 atom stereocenters. The molecule has 0 radical (unpaired) electrons. The van der Waals surface area contributed by atoms with Gasteiger partial charge in [0.05, 0.1) is 6.10 Å². The summed E-state index contributed by atoms with van der Waals surface area (Å²) in [6.45, 7) is 6.00. The van der Waals surface area contributed by atoms with Crippen LogP contribution in [-0.4, -0.2) is 11.2 Å². The van der Waals surface area contributed by atoms with Crippen molar-refractivity contribution < 1.29 is 9.50 Å². The number of aliphatic hydroxyl groups excluding tert-OH is 1. The van der Waals surface area contributed by atoms with Gasteiger partial charge in [-0.15, -0.1) is 0 Å². The van der Waals surface area contributed by atoms with E-state index in [4.69, 9.17) is 11.6 Å². The topological polar surface area (TPSA) is 20.2 Å². The molecule has 0 heterocycles. The van der Waals surface area contributed by atoms with Crippen molar-refractivity contribution in [1.29, 1.82) is 0 Å². The van der Waals surface area contributed by atoms with Gasteiger partial charge in [0.25, 0.3) is 0 Å². The fourth-order valence-electron chi connectivity index (χ4n) is 1.64. The molecular formula is C14H20ClFO. The highest BCUT2D eigenvalue weighted by molar-refractivity contribution is 6.30. The van der Waals surface area contributed by atoms with Gasteiger partial charge >= 0.3 is 0 Å². The number of aliphatic hydroxyl groups is 1. The van der Waals surface area contributed by atoms with Crippen molar-refractivity contribution in [3.8, 4) is 0 Å². The molecule has 1 unspecified atom stereocenters. The molecule has 1 aromatic carbocycles. The predicted octanol–water partition coefficient (Wildman–Crippen LogP) is 4.21. The lowest BCUT2D eigenvalue weighted by Crippen LogP contribution is -2.25. The molecule has 0 saturated carbocycles. The lowest BCUT2D eigenvalue weighted by molar-refractivity contribution is 0.0540. The van der Waals surface area contributed by atoms with Crippen LogP contribution in [0.4, 0.5) is 4.39 Å². The molecule has 0 aliphatic heterocycles. The number of halogens is 2. The largest absolute Gasteiger partial charge is 0.393 e. The maximum atomic E-state index is 13.5. The minimum atomic E-state index is -0.349. The van der Waals surface area contributed by atoms with E-state index in [0.29, 0.717) is 23.4 Å². The third-order valence-electron chi connectivity index (χ3n) is 2.94. The van der Waals surface area contributed by atoms with Crippen molar-refractivity contribution in [2.24, 2.45) is 5.41 Å². The van der Waals surface area contributed by atoms with Gasteiger partial charge in [-0.3, -0.25) is 0 Å². The van der Waals surface area contributed by atoms with Crippen LogP contribution >= 0.6 is 11.6 Å². The standard InChI is InChI=1S/C14H20ClFO/c1-14(2,3)13(17)6-4-5-10-7-8-11(15)9-12(10)16/h7-9,13,17H,4-6H2,1-3H3. The Morgan fingerprint density at radius 1 is 1.35 bits per heavy atom. The van der Waals surface area contributed by atoms with E-state index >= 15 is 0 Å². The molecule has 0 amide bonds. The summed E-state index contributed by atoms with van der Waals surface area (Å²) in [6.07, 6.45) is 1.75. The molecule has 0 bridgehead atoms. The number of rotatable bonds is 4. The van der Waals surface area contributed by atoms with Gasteiger partial charge in [0.1, 0.15) is 5.82 Å². The monoisotopic (exact) mass is 258 g/mol. The van der Waals surface area contributed by atoms with Crippen LogP contribution in [0, 0.1) is 11.2 Å². The SMILES string of the molecule is CC(C)(C)C(O)CCCc1ccc(Cl)cc1F. The van der Waals surface area contributed by atoms with Gasteiger partial charge in [0, 0.05) is 5.02 Å². The maximum Gasteiger partial charge on any atom is 0.127 e. The number of benzene rings is 1. The molecule has 1 rings (SSSR count). The average molecular weight is 259 g/mol. The molecular weight excluding hydrogens is 239 g/mol. The summed E-state index contributed by atoms with van der Waals surface area (Å²) < 4.78 is 13.5. The van der Waals surface area contributed by atoms with Crippen LogP contribution in [0.2, 0.25) is 5.02 Å². The first-order valence-corrected chi connectivity index (χ1v) is 6.30. The third-order valence-corrected chi connectivity index (χ3v) is 3.17. The first-order chi connectivity index (χ1) is 7.80. The molecule has 96 valence electrons. The van der Waals surface area contributed by atoms with Crippen molar-refractivity contribution in [1.82, 2.24) is 0 Å². The van der Waals surface area contributed by atoms with Crippen LogP contribution in [0.25, 0.3) is 0 Å². The van der Waals surface area contributed by atoms with Crippen LogP contribution < -0.4 is 0 Å². The summed E-state index contributed by atoms with van der Waals surface area (Å²) in [7, 11) is 0. The Hall–Kier alpha value is -0.600. The van der Waals surface area contributed by atoms with E-state index in [-0.39, 0.29) is 17.3 Å². The molecule has 0 aromatic heterocycles. The molecule has 17 heavy (non-hydrogen) atoms. The zero-order chi connectivity index (χ0) is 13.1. The van der Waals surface area contributed by atoms with Crippen LogP contribution in [-0.2, 0) is 6.42 Å². The summed E-state index contributed by atoms with van der Waals surface area (Å²) >= 11 is 5.68. The fourth-order valence-corrected chi connectivity index (χ4v) is 1.80. The smallest absolute Gasteiger partial charge is 0.127 e. The van der Waals surface area contributed by atoms with Crippen LogP contribution in [0.5, 0.6) is 0 Å². The molecule has 1 N–H and O–H groups in total. The molecule has 0 spiro atoms. The second kappa shape index (κ2) is 5.83. The Kier molecular flexibility index (Phi) is 4.96. The Balaban J connectivity index is 2.46. The van der Waals surface area contributed by atoms with Crippen molar-refractivity contribution in [2.75, 3.05) is 0 Å². The van der Waals surface area contributed by atoms with Crippen molar-refractivity contribution >= 4 is 11.6 Å². The van der Waals surface area contributed by atoms with Crippen molar-refractivity contribution in [3.05, 3.63) is 34.6 Å². The van der Waals surface area contributed by atoms with Gasteiger partial charge in [-0.25, -0.2) is 4.39 Å². The van der Waals surface area contributed by atoms with E-state index in [1.807, 2.05) is 20.8 Å². The summed E-state index contributed by atoms with van der Waals surface area (Å²) in [4.78, 5) is 0. The lowest BCUT2D eigenvalue weighted by atomic mass is 9.86. The number of aryl methyl sites for hydroxylation is 1. The lowest BCUT2D eigenvalue weighted by Gasteiger charge is -2.25. The normalized spacial score (nSPS) is 13.8. The van der Waals surface area contributed by atoms with E-state index in [1.165, 1.54) is 6.07 Å². The summed E-state index contributed by atoms with van der Waals surface area (Å²) in [5, 5.41) is 10.3. The minimum absolute atomic E-state index is 0.113. The molecule has 0 aliphatic carbocycles. The van der Waals surface area contributed by atoms with Crippen LogP contribution in [0.15, 0.2) is 18.2 Å². The maximum absolute atomic E-state index is 13.5. The van der Waals surface area contributed by atoms with E-state index in [9.17, 15) is 9.50 Å². The van der Waals surface area contributed by atoms with E-state index in [2.05, 4.69) is 0 Å². The zero-order valence-electron chi connectivity index (χ0n) is 10.6. The third kappa shape index (κ3) is 4.64. The van der Waals surface area contributed by atoms with E-state index in [0.717, 1.165) is 6.42 Å². The van der Waals surface area contributed by atoms with Gasteiger partial charge in [-0.2, -0.15) is 0 Å². The second-order valence-electron chi connectivity index (χ2n) is 5.51. The van der Waals surface area contributed by atoms with Gasteiger partial charge in [0.15, 0.2) is 0 Å². The second-order valence-corrected chi connectivity index (χ2v) is 5.95. The molecule has 0 saturated heterocycles. The van der Waals surface area contributed by atoms with Crippen LogP contribution in [0.3, 0.4) is 0 Å². The van der Waals surface area contributed by atoms with E-state index < -0.39 is 0 Å². The molecule has 3 heteroatoms. The van der Waals surface area contributed by atoms with Crippen molar-refractivity contribution in [2.45, 2.75) is 46.1 Å². The summed E-state index contributed by atoms with van der Waals surface area (Å²) in [5.74, 6) is -0.261. The Labute approximate surface area is 108 Å².